The molecule has 0 aliphatic heterocycles. The van der Waals surface area contributed by atoms with Crippen LogP contribution >= 0.6 is 10.3 Å². The summed E-state index contributed by atoms with van der Waals surface area (Å²) in [6.07, 6.45) is 0. The third kappa shape index (κ3) is 5.88. The zero-order valence-corrected chi connectivity index (χ0v) is 16.7. The highest BCUT2D eigenvalue weighted by atomic mass is 32.3. The molecule has 0 aliphatic carbocycles. The van der Waals surface area contributed by atoms with E-state index >= 15 is 0 Å². The first-order valence-corrected chi connectivity index (χ1v) is 11.9. The number of benzene rings is 2. The summed E-state index contributed by atoms with van der Waals surface area (Å²) in [6.45, 7) is 1.14. The molecule has 148 valence electrons. The van der Waals surface area contributed by atoms with Gasteiger partial charge in [-0.2, -0.15) is 8.42 Å². The molecule has 0 heterocycles. The van der Waals surface area contributed by atoms with Gasteiger partial charge in [-0.25, -0.2) is 3.63 Å². The second kappa shape index (κ2) is 9.48. The van der Waals surface area contributed by atoms with E-state index in [1.807, 2.05) is 6.92 Å². The third-order valence-corrected chi connectivity index (χ3v) is 9.32. The number of hydrogen-bond donors (Lipinski definition) is 2. The van der Waals surface area contributed by atoms with Crippen LogP contribution in [0.1, 0.15) is 15.9 Å². The van der Waals surface area contributed by atoms with Crippen LogP contribution in [0.4, 0.5) is 0 Å². The maximum Gasteiger partial charge on any atom is 0.306 e. The van der Waals surface area contributed by atoms with Crippen LogP contribution in [0, 0.1) is 6.92 Å². The minimum atomic E-state index is -4.14. The molecule has 0 amide bonds. The summed E-state index contributed by atoms with van der Waals surface area (Å²) in [5, 5.41) is 18.9. The van der Waals surface area contributed by atoms with Gasteiger partial charge in [0.05, 0.1) is 23.9 Å². The summed E-state index contributed by atoms with van der Waals surface area (Å²) >= 11 is 0. The normalized spacial score (nSPS) is 12.7. The molecule has 0 saturated heterocycles. The third-order valence-electron chi connectivity index (χ3n) is 3.96. The van der Waals surface area contributed by atoms with Crippen molar-refractivity contribution >= 4 is 26.2 Å². The van der Waals surface area contributed by atoms with Gasteiger partial charge in [0.2, 0.25) is 0 Å². The highest BCUT2D eigenvalue weighted by Crippen LogP contribution is 2.51. The van der Waals surface area contributed by atoms with Crippen molar-refractivity contribution in [2.75, 3.05) is 30.5 Å². The molecule has 0 radical (unpaired) electrons. The molecule has 2 aromatic carbocycles. The molecular formula is C19H24O6S2. The molecule has 2 N–H and O–H groups in total. The maximum atomic E-state index is 12.8. The summed E-state index contributed by atoms with van der Waals surface area (Å²) in [5.41, 5.74) is 1.33. The van der Waals surface area contributed by atoms with Crippen molar-refractivity contribution in [3.05, 3.63) is 65.7 Å². The highest BCUT2D eigenvalue weighted by molar-refractivity contribution is 8.33. The van der Waals surface area contributed by atoms with Crippen molar-refractivity contribution in [2.45, 2.75) is 11.8 Å². The van der Waals surface area contributed by atoms with Gasteiger partial charge in [-0.15, -0.1) is 10.3 Å². The number of Topliss-reactive ketones (excluding diaryl/α,β-unsaturated/α-hetero) is 1. The lowest BCUT2D eigenvalue weighted by molar-refractivity contribution is 0.102. The van der Waals surface area contributed by atoms with Crippen molar-refractivity contribution in [1.82, 2.24) is 0 Å². The molecule has 2 aromatic rings. The Morgan fingerprint density at radius 3 is 2.00 bits per heavy atom. The summed E-state index contributed by atoms with van der Waals surface area (Å²) in [7, 11) is -6.74. The molecule has 8 heteroatoms. The van der Waals surface area contributed by atoms with Crippen LogP contribution in [0.25, 0.3) is 0 Å². The van der Waals surface area contributed by atoms with Crippen molar-refractivity contribution in [3.63, 3.8) is 0 Å². The quantitative estimate of drug-likeness (QED) is 0.581. The van der Waals surface area contributed by atoms with Gasteiger partial charge in [0, 0.05) is 17.1 Å². The number of rotatable bonds is 10. The van der Waals surface area contributed by atoms with E-state index in [1.54, 1.807) is 42.5 Å². The van der Waals surface area contributed by atoms with Crippen LogP contribution in [-0.4, -0.2) is 54.9 Å². The Kier molecular flexibility index (Phi) is 7.58. The monoisotopic (exact) mass is 412 g/mol. The van der Waals surface area contributed by atoms with Gasteiger partial charge in [-0.05, 0) is 19.1 Å². The Bertz CT molecular complexity index is 842. The Labute approximate surface area is 161 Å². The van der Waals surface area contributed by atoms with Gasteiger partial charge in [-0.1, -0.05) is 48.0 Å². The number of aliphatic hydroxyl groups is 2. The topological polar surface area (TPSA) is 101 Å². The summed E-state index contributed by atoms with van der Waals surface area (Å²) in [5.74, 6) is -0.510. The summed E-state index contributed by atoms with van der Waals surface area (Å²) in [6, 6.07) is 14.7. The van der Waals surface area contributed by atoms with Gasteiger partial charge >= 0.3 is 10.1 Å². The zero-order valence-electron chi connectivity index (χ0n) is 15.1. The Balaban J connectivity index is 2.34. The minimum Gasteiger partial charge on any atom is -0.395 e. The first-order valence-electron chi connectivity index (χ1n) is 8.41. The van der Waals surface area contributed by atoms with Crippen LogP contribution in [0.15, 0.2) is 59.5 Å². The highest BCUT2D eigenvalue weighted by Gasteiger charge is 2.34. The van der Waals surface area contributed by atoms with Crippen molar-refractivity contribution in [3.8, 4) is 0 Å². The fourth-order valence-electron chi connectivity index (χ4n) is 2.55. The van der Waals surface area contributed by atoms with Crippen LogP contribution in [0.2, 0.25) is 0 Å². The number of hydrogen-bond acceptors (Lipinski definition) is 6. The Morgan fingerprint density at radius 2 is 1.48 bits per heavy atom. The van der Waals surface area contributed by atoms with Crippen molar-refractivity contribution in [1.29, 1.82) is 0 Å². The summed E-state index contributed by atoms with van der Waals surface area (Å²) in [4.78, 5) is 12.6. The number of aryl methyl sites for hydroxylation is 1. The average molecular weight is 413 g/mol. The van der Waals surface area contributed by atoms with Crippen molar-refractivity contribution in [2.24, 2.45) is 0 Å². The van der Waals surface area contributed by atoms with Gasteiger partial charge in [0.1, 0.15) is 0 Å². The van der Waals surface area contributed by atoms with E-state index in [4.69, 9.17) is 3.63 Å². The molecule has 0 atom stereocenters. The van der Waals surface area contributed by atoms with E-state index in [0.29, 0.717) is 5.56 Å². The standard InChI is InChI=1S/C19H24O6S2/c1-16-7-9-18(10-8-16)27(23,24)25-26(13-11-20,14-12-21)15-19(22)17-5-3-2-4-6-17/h2-10,20-21H,11-15H2,1H3. The van der Waals surface area contributed by atoms with Crippen LogP contribution in [0.5, 0.6) is 0 Å². The number of aliphatic hydroxyl groups excluding tert-OH is 2. The molecule has 0 aromatic heterocycles. The molecule has 6 nitrogen and oxygen atoms in total. The lowest BCUT2D eigenvalue weighted by Crippen LogP contribution is -2.27. The molecule has 2 rings (SSSR count). The molecule has 0 bridgehead atoms. The Hall–Kier alpha value is -1.71. The van der Waals surface area contributed by atoms with Gasteiger partial charge in [0.15, 0.2) is 5.78 Å². The second-order valence-electron chi connectivity index (χ2n) is 6.09. The fraction of sp³-hybridized carbons (Fsp3) is 0.316. The van der Waals surface area contributed by atoms with Gasteiger partial charge < -0.3 is 10.2 Å². The minimum absolute atomic E-state index is 0.0166. The predicted molar refractivity (Wildman–Crippen MR) is 107 cm³/mol. The van der Waals surface area contributed by atoms with E-state index in [-0.39, 0.29) is 41.2 Å². The van der Waals surface area contributed by atoms with Gasteiger partial charge in [-0.3, -0.25) is 4.79 Å². The molecule has 0 aliphatic rings. The second-order valence-corrected chi connectivity index (χ2v) is 11.1. The van der Waals surface area contributed by atoms with E-state index in [2.05, 4.69) is 0 Å². The van der Waals surface area contributed by atoms with Gasteiger partial charge in [0.25, 0.3) is 0 Å². The molecule has 27 heavy (non-hydrogen) atoms. The van der Waals surface area contributed by atoms with E-state index in [9.17, 15) is 23.4 Å². The number of carbonyl (C=O) groups excluding carboxylic acids is 1. The fourth-order valence-corrected chi connectivity index (χ4v) is 7.40. The number of carbonyl (C=O) groups is 1. The molecule has 0 spiro atoms. The molecule has 0 unspecified atom stereocenters. The smallest absolute Gasteiger partial charge is 0.306 e. The lowest BCUT2D eigenvalue weighted by Gasteiger charge is -2.36. The molecular weight excluding hydrogens is 388 g/mol. The predicted octanol–water partition coefficient (Wildman–Crippen LogP) is 2.29. The summed E-state index contributed by atoms with van der Waals surface area (Å²) < 4.78 is 31.0. The molecule has 0 saturated carbocycles. The van der Waals surface area contributed by atoms with E-state index in [0.717, 1.165) is 5.56 Å². The van der Waals surface area contributed by atoms with Crippen molar-refractivity contribution < 1.29 is 27.1 Å². The van der Waals surface area contributed by atoms with Crippen LogP contribution in [0.3, 0.4) is 0 Å². The van der Waals surface area contributed by atoms with E-state index in [1.165, 1.54) is 12.1 Å². The maximum absolute atomic E-state index is 12.8. The Morgan fingerprint density at radius 1 is 0.926 bits per heavy atom. The lowest BCUT2D eigenvalue weighted by atomic mass is 10.2. The average Bonchev–Trinajstić information content (AvgIpc) is 2.63. The van der Waals surface area contributed by atoms with Crippen LogP contribution < -0.4 is 0 Å². The van der Waals surface area contributed by atoms with Crippen LogP contribution in [-0.2, 0) is 13.7 Å². The largest absolute Gasteiger partial charge is 0.395 e. The first-order chi connectivity index (χ1) is 12.8. The number of ketones is 1. The van der Waals surface area contributed by atoms with E-state index < -0.39 is 20.4 Å². The first kappa shape index (κ1) is 21.6. The molecule has 0 fully saturated rings. The zero-order chi connectivity index (χ0) is 19.9. The SMILES string of the molecule is Cc1ccc(S(=O)(=O)OS(CCO)(CCO)CC(=O)c2ccccc2)cc1.